The fourth-order valence-corrected chi connectivity index (χ4v) is 0.459. The Labute approximate surface area is 66.2 Å². The monoisotopic (exact) mass is 158 g/mol. The second kappa shape index (κ2) is 5.88. The summed E-state index contributed by atoms with van der Waals surface area (Å²) in [5, 5.41) is 0. The number of carbonyl (C=O) groups excluding carboxylic acids is 1. The smallest absolute Gasteiger partial charge is 0.236 e. The van der Waals surface area contributed by atoms with Crippen LogP contribution in [0.1, 0.15) is 6.42 Å². The normalized spacial score (nSPS) is 12.5. The van der Waals surface area contributed by atoms with Crippen LogP contribution in [0.3, 0.4) is 0 Å². The minimum atomic E-state index is -0.695. The molecule has 1 amide bonds. The lowest BCUT2D eigenvalue weighted by atomic mass is 10.3. The van der Waals surface area contributed by atoms with E-state index in [1.165, 1.54) is 0 Å². The number of primary amides is 1. The average molecular weight is 158 g/mol. The highest BCUT2D eigenvalue weighted by Crippen LogP contribution is 1.85. The van der Waals surface area contributed by atoms with Crippen LogP contribution in [-0.4, -0.2) is 25.2 Å². The van der Waals surface area contributed by atoms with Crippen molar-refractivity contribution in [3.8, 4) is 0 Å². The maximum absolute atomic E-state index is 10.4. The second-order valence-electron chi connectivity index (χ2n) is 2.16. The summed E-state index contributed by atoms with van der Waals surface area (Å²) >= 11 is 0. The predicted octanol–water partition coefficient (Wildman–Crippen LogP) is -0.608. The first kappa shape index (κ1) is 10.1. The van der Waals surface area contributed by atoms with E-state index in [9.17, 15) is 4.79 Å². The van der Waals surface area contributed by atoms with Gasteiger partial charge < -0.3 is 16.2 Å². The molecule has 0 aromatic rings. The van der Waals surface area contributed by atoms with Crippen LogP contribution >= 0.6 is 0 Å². The molecule has 4 nitrogen and oxygen atoms in total. The van der Waals surface area contributed by atoms with Gasteiger partial charge in [0.1, 0.15) is 6.04 Å². The first-order valence-corrected chi connectivity index (χ1v) is 3.42. The molecule has 0 radical (unpaired) electrons. The van der Waals surface area contributed by atoms with E-state index in [4.69, 9.17) is 16.2 Å². The minimum Gasteiger partial charge on any atom is -0.379 e. The predicted molar refractivity (Wildman–Crippen MR) is 42.8 cm³/mol. The zero-order valence-corrected chi connectivity index (χ0v) is 6.45. The summed E-state index contributed by atoms with van der Waals surface area (Å²) in [5.74, 6) is -0.538. The summed E-state index contributed by atoms with van der Waals surface area (Å²) in [6, 6.07) is -0.695. The van der Waals surface area contributed by atoms with E-state index in [0.717, 1.165) is 6.42 Å². The quantitative estimate of drug-likeness (QED) is 0.400. The first-order valence-electron chi connectivity index (χ1n) is 3.42. The zero-order chi connectivity index (χ0) is 8.69. The maximum atomic E-state index is 10.4. The maximum Gasteiger partial charge on any atom is 0.236 e. The molecule has 0 aliphatic rings. The third kappa shape index (κ3) is 5.57. The molecule has 4 N–H and O–H groups in total. The van der Waals surface area contributed by atoms with Crippen LogP contribution in [0.15, 0.2) is 12.7 Å². The summed E-state index contributed by atoms with van der Waals surface area (Å²) in [6.45, 7) is 4.23. The molecule has 0 saturated carbocycles. The molecule has 11 heavy (non-hydrogen) atoms. The molecule has 4 heteroatoms. The molecular weight excluding hydrogens is 144 g/mol. The number of amides is 1. The molecular formula is C7H14N2O2. The summed E-state index contributed by atoms with van der Waals surface area (Å²) in [5.41, 5.74) is 10.2. The van der Waals surface area contributed by atoms with Gasteiger partial charge in [0.15, 0.2) is 0 Å². The number of hydrogen-bond acceptors (Lipinski definition) is 3. The fraction of sp³-hybridized carbons (Fsp3) is 0.571. The van der Waals surface area contributed by atoms with E-state index in [0.29, 0.717) is 6.61 Å². The third-order valence-corrected chi connectivity index (χ3v) is 1.13. The average Bonchev–Trinajstić information content (AvgIpc) is 1.97. The molecule has 0 saturated heterocycles. The molecule has 0 aromatic heterocycles. The van der Waals surface area contributed by atoms with Gasteiger partial charge in [-0.15, -0.1) is 6.58 Å². The summed E-state index contributed by atoms with van der Waals surface area (Å²) in [6.07, 6.45) is 2.49. The van der Waals surface area contributed by atoms with Crippen molar-refractivity contribution in [3.63, 3.8) is 0 Å². The van der Waals surface area contributed by atoms with E-state index >= 15 is 0 Å². The Kier molecular flexibility index (Phi) is 5.42. The van der Waals surface area contributed by atoms with Crippen molar-refractivity contribution in [1.29, 1.82) is 0 Å². The van der Waals surface area contributed by atoms with E-state index < -0.39 is 11.9 Å². The van der Waals surface area contributed by atoms with Gasteiger partial charge in [0.05, 0.1) is 13.2 Å². The molecule has 0 fully saturated rings. The van der Waals surface area contributed by atoms with Crippen molar-refractivity contribution >= 4 is 5.91 Å². The van der Waals surface area contributed by atoms with E-state index in [1.54, 1.807) is 6.08 Å². The Morgan fingerprint density at radius 2 is 2.36 bits per heavy atom. The molecule has 0 aliphatic carbocycles. The van der Waals surface area contributed by atoms with Crippen LogP contribution in [0.4, 0.5) is 0 Å². The molecule has 0 spiro atoms. The summed E-state index contributed by atoms with van der Waals surface area (Å²) in [7, 11) is 0. The number of nitrogens with two attached hydrogens (primary N) is 2. The van der Waals surface area contributed by atoms with E-state index in [1.807, 2.05) is 0 Å². The topological polar surface area (TPSA) is 78.3 Å². The van der Waals surface area contributed by atoms with Crippen LogP contribution in [-0.2, 0) is 9.53 Å². The van der Waals surface area contributed by atoms with Gasteiger partial charge in [-0.25, -0.2) is 0 Å². The Bertz CT molecular complexity index is 136. The van der Waals surface area contributed by atoms with Gasteiger partial charge >= 0.3 is 0 Å². The molecule has 0 aliphatic heterocycles. The Morgan fingerprint density at radius 1 is 1.73 bits per heavy atom. The van der Waals surface area contributed by atoms with Crippen molar-refractivity contribution in [2.24, 2.45) is 11.5 Å². The van der Waals surface area contributed by atoms with Gasteiger partial charge in [0.25, 0.3) is 0 Å². The molecule has 0 bridgehead atoms. The van der Waals surface area contributed by atoms with E-state index in [-0.39, 0.29) is 6.61 Å². The molecule has 1 atom stereocenters. The lowest BCUT2D eigenvalue weighted by Gasteiger charge is -2.06. The van der Waals surface area contributed by atoms with Crippen molar-refractivity contribution in [2.45, 2.75) is 12.5 Å². The molecule has 64 valence electrons. The van der Waals surface area contributed by atoms with Crippen molar-refractivity contribution in [1.82, 2.24) is 0 Å². The van der Waals surface area contributed by atoms with Crippen LogP contribution in [0.25, 0.3) is 0 Å². The first-order chi connectivity index (χ1) is 5.18. The number of ether oxygens (including phenoxy) is 1. The number of rotatable bonds is 6. The Balaban J connectivity index is 3.24. The molecule has 0 heterocycles. The van der Waals surface area contributed by atoms with Crippen LogP contribution < -0.4 is 11.5 Å². The van der Waals surface area contributed by atoms with Crippen LogP contribution in [0.5, 0.6) is 0 Å². The summed E-state index contributed by atoms with van der Waals surface area (Å²) < 4.78 is 5.00. The zero-order valence-electron chi connectivity index (χ0n) is 6.45. The SMILES string of the molecule is C=CCCOCC(N)C(N)=O. The Morgan fingerprint density at radius 3 is 2.82 bits per heavy atom. The lowest BCUT2D eigenvalue weighted by molar-refractivity contribution is -0.120. The molecule has 1 unspecified atom stereocenters. The van der Waals surface area contributed by atoms with Gasteiger partial charge in [-0.3, -0.25) is 4.79 Å². The van der Waals surface area contributed by atoms with Gasteiger partial charge in [0, 0.05) is 0 Å². The van der Waals surface area contributed by atoms with Crippen molar-refractivity contribution in [2.75, 3.05) is 13.2 Å². The van der Waals surface area contributed by atoms with Gasteiger partial charge in [-0.2, -0.15) is 0 Å². The molecule has 0 aromatic carbocycles. The standard InChI is InChI=1S/C7H14N2O2/c1-2-3-4-11-5-6(8)7(9)10/h2,6H,1,3-5,8H2,(H2,9,10). The van der Waals surface area contributed by atoms with Crippen molar-refractivity contribution in [3.05, 3.63) is 12.7 Å². The Hall–Kier alpha value is -0.870. The number of carbonyl (C=O) groups is 1. The third-order valence-electron chi connectivity index (χ3n) is 1.13. The van der Waals surface area contributed by atoms with Crippen molar-refractivity contribution < 1.29 is 9.53 Å². The second-order valence-corrected chi connectivity index (χ2v) is 2.16. The van der Waals surface area contributed by atoms with Gasteiger partial charge in [-0.05, 0) is 6.42 Å². The van der Waals surface area contributed by atoms with Crippen LogP contribution in [0, 0.1) is 0 Å². The van der Waals surface area contributed by atoms with Gasteiger partial charge in [-0.1, -0.05) is 6.08 Å². The lowest BCUT2D eigenvalue weighted by Crippen LogP contribution is -2.40. The fourth-order valence-electron chi connectivity index (χ4n) is 0.459. The van der Waals surface area contributed by atoms with Gasteiger partial charge in [0.2, 0.25) is 5.91 Å². The summed E-state index contributed by atoms with van der Waals surface area (Å²) in [4.78, 5) is 10.4. The largest absolute Gasteiger partial charge is 0.379 e. The highest BCUT2D eigenvalue weighted by molar-refractivity contribution is 5.79. The molecule has 0 rings (SSSR count). The highest BCUT2D eigenvalue weighted by Gasteiger charge is 2.07. The number of hydrogen-bond donors (Lipinski definition) is 2. The minimum absolute atomic E-state index is 0.184. The van der Waals surface area contributed by atoms with E-state index in [2.05, 4.69) is 6.58 Å². The van der Waals surface area contributed by atoms with Crippen LogP contribution in [0.2, 0.25) is 0 Å². The highest BCUT2D eigenvalue weighted by atomic mass is 16.5.